The Morgan fingerprint density at radius 1 is 1.21 bits per heavy atom. The average Bonchev–Trinajstić information content (AvgIpc) is 3.12. The van der Waals surface area contributed by atoms with E-state index in [1.165, 1.54) is 12.1 Å². The summed E-state index contributed by atoms with van der Waals surface area (Å²) in [7, 11) is 0. The smallest absolute Gasteiger partial charge is 0.271 e. The van der Waals surface area contributed by atoms with Crippen LogP contribution >= 0.6 is 23.2 Å². The third-order valence-electron chi connectivity index (χ3n) is 4.18. The fourth-order valence-corrected chi connectivity index (χ4v) is 3.62. The van der Waals surface area contributed by atoms with E-state index in [-0.39, 0.29) is 17.5 Å². The van der Waals surface area contributed by atoms with Crippen molar-refractivity contribution in [2.45, 2.75) is 17.2 Å². The van der Waals surface area contributed by atoms with E-state index in [1.54, 1.807) is 13.0 Å². The quantitative estimate of drug-likeness (QED) is 0.495. The molecule has 124 valence electrons. The molecule has 24 heavy (non-hydrogen) atoms. The maximum Gasteiger partial charge on any atom is 0.271 e. The SMILES string of the molecule is Cc1ccc([N+](=O)[O-])cc1NC(=O)[C@H]1[C@@H](c2ccccc2)C1(Cl)Cl. The first-order valence-electron chi connectivity index (χ1n) is 7.31. The van der Waals surface area contributed by atoms with Crippen LogP contribution in [0.1, 0.15) is 17.0 Å². The molecule has 0 heterocycles. The normalized spacial score (nSPS) is 21.1. The van der Waals surface area contributed by atoms with Crippen molar-refractivity contribution in [3.63, 3.8) is 0 Å². The number of benzene rings is 2. The predicted octanol–water partition coefficient (Wildman–Crippen LogP) is 4.43. The first kappa shape index (κ1) is 16.7. The van der Waals surface area contributed by atoms with E-state index in [4.69, 9.17) is 23.2 Å². The van der Waals surface area contributed by atoms with E-state index in [9.17, 15) is 14.9 Å². The number of amides is 1. The molecule has 2 atom stereocenters. The van der Waals surface area contributed by atoms with E-state index >= 15 is 0 Å². The van der Waals surface area contributed by atoms with Gasteiger partial charge in [-0.15, -0.1) is 23.2 Å². The predicted molar refractivity (Wildman–Crippen MR) is 93.6 cm³/mol. The first-order chi connectivity index (χ1) is 11.3. The number of nitro benzene ring substituents is 1. The molecule has 7 heteroatoms. The second-order valence-corrected chi connectivity index (χ2v) is 7.23. The number of halogens is 2. The van der Waals surface area contributed by atoms with Crippen LogP contribution < -0.4 is 5.32 Å². The molecule has 3 rings (SSSR count). The Morgan fingerprint density at radius 3 is 2.50 bits per heavy atom. The summed E-state index contributed by atoms with van der Waals surface area (Å²) in [6.45, 7) is 1.76. The number of hydrogen-bond acceptors (Lipinski definition) is 3. The van der Waals surface area contributed by atoms with Crippen LogP contribution in [-0.2, 0) is 4.79 Å². The molecular weight excluding hydrogens is 351 g/mol. The van der Waals surface area contributed by atoms with Crippen LogP contribution in [0.2, 0.25) is 0 Å². The second-order valence-electron chi connectivity index (χ2n) is 5.79. The van der Waals surface area contributed by atoms with Crippen molar-refractivity contribution in [2.75, 3.05) is 5.32 Å². The molecule has 1 N–H and O–H groups in total. The summed E-state index contributed by atoms with van der Waals surface area (Å²) < 4.78 is -1.18. The lowest BCUT2D eigenvalue weighted by atomic mass is 10.1. The second kappa shape index (κ2) is 6.07. The summed E-state index contributed by atoms with van der Waals surface area (Å²) in [6, 6.07) is 13.6. The number of alkyl halides is 2. The van der Waals surface area contributed by atoms with E-state index in [1.807, 2.05) is 30.3 Å². The number of nitro groups is 1. The van der Waals surface area contributed by atoms with Gasteiger partial charge in [0.2, 0.25) is 5.91 Å². The van der Waals surface area contributed by atoms with E-state index < -0.39 is 15.2 Å². The number of carbonyl (C=O) groups is 1. The molecule has 1 amide bonds. The number of hydrogen-bond donors (Lipinski definition) is 1. The zero-order chi connectivity index (χ0) is 17.5. The zero-order valence-electron chi connectivity index (χ0n) is 12.7. The maximum absolute atomic E-state index is 12.6. The van der Waals surface area contributed by atoms with Crippen molar-refractivity contribution in [3.05, 3.63) is 69.8 Å². The molecule has 0 aliphatic heterocycles. The largest absolute Gasteiger partial charge is 0.325 e. The molecule has 1 fully saturated rings. The Bertz CT molecular complexity index is 809. The van der Waals surface area contributed by atoms with Crippen LogP contribution in [0.4, 0.5) is 11.4 Å². The average molecular weight is 365 g/mol. The third kappa shape index (κ3) is 2.97. The van der Waals surface area contributed by atoms with Crippen molar-refractivity contribution in [3.8, 4) is 0 Å². The monoisotopic (exact) mass is 364 g/mol. The van der Waals surface area contributed by atoms with Gasteiger partial charge >= 0.3 is 0 Å². The molecule has 1 saturated carbocycles. The number of carbonyl (C=O) groups excluding carboxylic acids is 1. The van der Waals surface area contributed by atoms with Crippen molar-refractivity contribution >= 4 is 40.5 Å². The zero-order valence-corrected chi connectivity index (χ0v) is 14.2. The molecular formula is C17H14Cl2N2O3. The first-order valence-corrected chi connectivity index (χ1v) is 8.06. The molecule has 1 aliphatic carbocycles. The summed E-state index contributed by atoms with van der Waals surface area (Å²) in [5, 5.41) is 13.6. The van der Waals surface area contributed by atoms with Gasteiger partial charge in [-0.05, 0) is 18.1 Å². The van der Waals surface area contributed by atoms with Crippen molar-refractivity contribution < 1.29 is 9.72 Å². The molecule has 0 spiro atoms. The molecule has 0 radical (unpaired) electrons. The van der Waals surface area contributed by atoms with Crippen LogP contribution in [0.5, 0.6) is 0 Å². The fraction of sp³-hybridized carbons (Fsp3) is 0.235. The lowest BCUT2D eigenvalue weighted by Crippen LogP contribution is -2.17. The number of rotatable bonds is 4. The molecule has 2 aromatic carbocycles. The Labute approximate surface area is 148 Å². The van der Waals surface area contributed by atoms with Crippen molar-refractivity contribution in [1.29, 1.82) is 0 Å². The number of non-ortho nitro benzene ring substituents is 1. The minimum atomic E-state index is -1.18. The van der Waals surface area contributed by atoms with Crippen LogP contribution in [0.15, 0.2) is 48.5 Å². The highest BCUT2D eigenvalue weighted by molar-refractivity contribution is 6.53. The topological polar surface area (TPSA) is 72.2 Å². The van der Waals surface area contributed by atoms with Gasteiger partial charge in [0, 0.05) is 18.1 Å². The molecule has 5 nitrogen and oxygen atoms in total. The Hall–Kier alpha value is -2.11. The fourth-order valence-electron chi connectivity index (χ4n) is 2.80. The Kier molecular flexibility index (Phi) is 4.24. The number of aryl methyl sites for hydroxylation is 1. The standard InChI is InChI=1S/C17H14Cl2N2O3/c1-10-7-8-12(21(23)24)9-13(10)20-16(22)15-14(17(15,18)19)11-5-3-2-4-6-11/h2-9,14-15H,1H3,(H,20,22)/t14-,15-/m1/s1. The molecule has 0 aromatic heterocycles. The van der Waals surface area contributed by atoms with Crippen LogP contribution in [0.3, 0.4) is 0 Å². The molecule has 2 aromatic rings. The number of nitrogens with one attached hydrogen (secondary N) is 1. The van der Waals surface area contributed by atoms with Crippen molar-refractivity contribution in [2.24, 2.45) is 5.92 Å². The molecule has 1 aliphatic rings. The van der Waals surface area contributed by atoms with Gasteiger partial charge in [-0.1, -0.05) is 36.4 Å². The van der Waals surface area contributed by atoms with Gasteiger partial charge in [0.1, 0.15) is 4.33 Å². The molecule has 0 unspecified atom stereocenters. The van der Waals surface area contributed by atoms with Gasteiger partial charge in [0.05, 0.1) is 16.5 Å². The van der Waals surface area contributed by atoms with Gasteiger partial charge in [0.25, 0.3) is 5.69 Å². The van der Waals surface area contributed by atoms with Crippen LogP contribution in [-0.4, -0.2) is 15.2 Å². The highest BCUT2D eigenvalue weighted by atomic mass is 35.5. The summed E-state index contributed by atoms with van der Waals surface area (Å²) in [5.74, 6) is -1.26. The van der Waals surface area contributed by atoms with Crippen molar-refractivity contribution in [1.82, 2.24) is 0 Å². The summed E-state index contributed by atoms with van der Waals surface area (Å²) in [5.41, 5.74) is 1.91. The van der Waals surface area contributed by atoms with E-state index in [0.29, 0.717) is 5.69 Å². The Balaban J connectivity index is 1.81. The van der Waals surface area contributed by atoms with Crippen LogP contribution in [0, 0.1) is 23.0 Å². The van der Waals surface area contributed by atoms with E-state index in [0.717, 1.165) is 11.1 Å². The highest BCUT2D eigenvalue weighted by Gasteiger charge is 2.67. The van der Waals surface area contributed by atoms with Crippen LogP contribution in [0.25, 0.3) is 0 Å². The maximum atomic E-state index is 12.6. The molecule has 0 bridgehead atoms. The van der Waals surface area contributed by atoms with Gasteiger partial charge in [-0.2, -0.15) is 0 Å². The lowest BCUT2D eigenvalue weighted by Gasteiger charge is -2.08. The summed E-state index contributed by atoms with van der Waals surface area (Å²) in [6.07, 6.45) is 0. The number of anilines is 1. The Morgan fingerprint density at radius 2 is 1.88 bits per heavy atom. The van der Waals surface area contributed by atoms with Gasteiger partial charge in [0.15, 0.2) is 0 Å². The van der Waals surface area contributed by atoms with Gasteiger partial charge < -0.3 is 5.32 Å². The van der Waals surface area contributed by atoms with E-state index in [2.05, 4.69) is 5.32 Å². The summed E-state index contributed by atoms with van der Waals surface area (Å²) in [4.78, 5) is 22.9. The third-order valence-corrected chi connectivity index (χ3v) is 5.12. The van der Waals surface area contributed by atoms with Gasteiger partial charge in [-0.25, -0.2) is 0 Å². The minimum absolute atomic E-state index is 0.0886. The highest BCUT2D eigenvalue weighted by Crippen LogP contribution is 2.65. The number of nitrogens with zero attached hydrogens (tertiary/aromatic N) is 1. The van der Waals surface area contributed by atoms with Gasteiger partial charge in [-0.3, -0.25) is 14.9 Å². The lowest BCUT2D eigenvalue weighted by molar-refractivity contribution is -0.384. The summed E-state index contributed by atoms with van der Waals surface area (Å²) >= 11 is 12.6. The molecule has 0 saturated heterocycles. The minimum Gasteiger partial charge on any atom is -0.325 e.